The molecule has 0 aromatic carbocycles. The second-order valence-electron chi connectivity index (χ2n) is 11.3. The molecule has 2 N–H and O–H groups in total. The summed E-state index contributed by atoms with van der Waals surface area (Å²) >= 11 is 0. The van der Waals surface area contributed by atoms with Crippen LogP contribution < -0.4 is 0 Å². The van der Waals surface area contributed by atoms with E-state index in [-0.39, 0.29) is 61.1 Å². The van der Waals surface area contributed by atoms with Gasteiger partial charge in [0.25, 0.3) is 0 Å². The third-order valence-electron chi connectivity index (χ3n) is 9.49. The summed E-state index contributed by atoms with van der Waals surface area (Å²) in [4.78, 5) is 27.9. The molecule has 7 atom stereocenters. The van der Waals surface area contributed by atoms with Gasteiger partial charge in [0.1, 0.15) is 12.2 Å². The van der Waals surface area contributed by atoms with E-state index < -0.39 is 17.1 Å². The van der Waals surface area contributed by atoms with E-state index in [0.717, 1.165) is 24.8 Å². The molecule has 204 valence electrons. The molecule has 3 fully saturated rings. The third kappa shape index (κ3) is 5.15. The Morgan fingerprint density at radius 1 is 1.16 bits per heavy atom. The zero-order chi connectivity index (χ0) is 26.7. The van der Waals surface area contributed by atoms with Gasteiger partial charge in [-0.2, -0.15) is 0 Å². The van der Waals surface area contributed by atoms with Gasteiger partial charge in [-0.1, -0.05) is 30.6 Å². The molecule has 4 aliphatic carbocycles. The average molecular weight is 518 g/mol. The van der Waals surface area contributed by atoms with Crippen molar-refractivity contribution in [3.05, 3.63) is 34.2 Å². The lowest BCUT2D eigenvalue weighted by Crippen LogP contribution is -2.61. The number of ketones is 2. The number of carbonyl (C=O) groups excluding carboxylic acids is 2. The van der Waals surface area contributed by atoms with Gasteiger partial charge in [-0.05, 0) is 61.6 Å². The van der Waals surface area contributed by atoms with E-state index in [2.05, 4.69) is 16.9 Å². The molecule has 0 unspecified atom stereocenters. The zero-order valence-electron chi connectivity index (χ0n) is 21.8. The van der Waals surface area contributed by atoms with Crippen LogP contribution in [0.2, 0.25) is 0 Å². The summed E-state index contributed by atoms with van der Waals surface area (Å²) in [5.74, 6) is -0.0952. The number of aliphatic hydroxyl groups excluding tert-OH is 1. The van der Waals surface area contributed by atoms with Crippen LogP contribution in [0.1, 0.15) is 46.0 Å². The van der Waals surface area contributed by atoms with E-state index in [4.69, 9.17) is 19.7 Å². The van der Waals surface area contributed by atoms with E-state index in [1.807, 2.05) is 13.0 Å². The van der Waals surface area contributed by atoms with Crippen molar-refractivity contribution < 1.29 is 34.0 Å². The van der Waals surface area contributed by atoms with Crippen LogP contribution in [0, 0.1) is 28.6 Å². The maximum absolute atomic E-state index is 13.3. The number of allylic oxidation sites excluding steroid dienone is 4. The number of hydrogen-bond acceptors (Lipinski definition) is 8. The molecule has 0 aromatic rings. The van der Waals surface area contributed by atoms with Crippen LogP contribution in [0.4, 0.5) is 0 Å². The normalized spacial score (nSPS) is 38.3. The summed E-state index contributed by atoms with van der Waals surface area (Å²) < 4.78 is 16.2. The van der Waals surface area contributed by atoms with Crippen molar-refractivity contribution in [2.45, 2.75) is 57.7 Å². The fraction of sp³-hybridized carbons (Fsp3) is 0.778. The number of nitrogens with zero attached hydrogens (tertiary/aromatic N) is 3. The SMILES string of the molecule is C[C@]12C=CC(=O)C=C1CC[C@@H]1[C@@H]2[C@@H](O)C[C@@]2(C)[C@H]1CC[C@]2(O)C(=O)COCCOCCOCCN=[N+]=[N-]. The Kier molecular flexibility index (Phi) is 8.58. The molecule has 37 heavy (non-hydrogen) atoms. The molecular weight excluding hydrogens is 478 g/mol. The second-order valence-corrected chi connectivity index (χ2v) is 11.3. The van der Waals surface area contributed by atoms with Gasteiger partial charge in [-0.25, -0.2) is 0 Å². The van der Waals surface area contributed by atoms with E-state index in [1.54, 1.807) is 12.2 Å². The van der Waals surface area contributed by atoms with Gasteiger partial charge in [-0.15, -0.1) is 0 Å². The molecule has 4 rings (SSSR count). The molecule has 0 amide bonds. The summed E-state index contributed by atoms with van der Waals surface area (Å²) in [6.07, 6.45) is 7.70. The van der Waals surface area contributed by atoms with E-state index >= 15 is 0 Å². The largest absolute Gasteiger partial charge is 0.393 e. The molecule has 0 aliphatic heterocycles. The van der Waals surface area contributed by atoms with Gasteiger partial charge in [0.05, 0.1) is 39.1 Å². The fourth-order valence-corrected chi connectivity index (χ4v) is 7.66. The first kappa shape index (κ1) is 28.0. The lowest BCUT2D eigenvalue weighted by molar-refractivity contribution is -0.179. The molecule has 0 heterocycles. The fourth-order valence-electron chi connectivity index (χ4n) is 7.66. The standard InChI is InChI=1S/C27H39N3O7/c1-25-7-5-19(31)15-18(25)3-4-20-21-6-8-27(34,26(21,2)16-22(32)24(20)25)23(33)17-37-14-13-36-12-11-35-10-9-29-30-28/h5,7,15,20-22,24,32,34H,3-4,6,8-14,16-17H2,1-2H3/t20-,21-,22-,24+,25-,26-,27-/m0/s1. The quantitative estimate of drug-likeness (QED) is 0.175. The first-order chi connectivity index (χ1) is 17.7. The summed E-state index contributed by atoms with van der Waals surface area (Å²) in [6, 6.07) is 0. The number of aliphatic hydroxyl groups is 2. The molecule has 0 spiro atoms. The number of fused-ring (bicyclic) bond motifs is 5. The first-order valence-electron chi connectivity index (χ1n) is 13.3. The Balaban J connectivity index is 1.30. The third-order valence-corrected chi connectivity index (χ3v) is 9.49. The second kappa shape index (κ2) is 11.4. The van der Waals surface area contributed by atoms with Crippen LogP contribution >= 0.6 is 0 Å². The lowest BCUT2D eigenvalue weighted by Gasteiger charge is -2.59. The van der Waals surface area contributed by atoms with Crippen molar-refractivity contribution >= 4 is 11.6 Å². The Hall–Kier alpha value is -2.07. The molecule has 3 saturated carbocycles. The molecular formula is C27H39N3O7. The van der Waals surface area contributed by atoms with Crippen molar-refractivity contribution in [1.82, 2.24) is 0 Å². The van der Waals surface area contributed by atoms with E-state index in [1.165, 1.54) is 0 Å². The summed E-state index contributed by atoms with van der Waals surface area (Å²) in [7, 11) is 0. The van der Waals surface area contributed by atoms with Gasteiger partial charge in [-0.3, -0.25) is 9.59 Å². The molecule has 0 saturated heterocycles. The van der Waals surface area contributed by atoms with Gasteiger partial charge < -0.3 is 24.4 Å². The van der Waals surface area contributed by atoms with Crippen LogP contribution in [-0.4, -0.2) is 79.7 Å². The number of Topliss-reactive ketones (excluding diaryl/α,β-unsaturated/α-hetero) is 1. The first-order valence-corrected chi connectivity index (χ1v) is 13.3. The molecule has 4 aliphatic rings. The maximum Gasteiger partial charge on any atom is 0.190 e. The van der Waals surface area contributed by atoms with Gasteiger partial charge >= 0.3 is 0 Å². The number of azide groups is 1. The monoisotopic (exact) mass is 517 g/mol. The highest BCUT2D eigenvalue weighted by molar-refractivity contribution is 6.01. The van der Waals surface area contributed by atoms with Crippen LogP contribution in [0.25, 0.3) is 10.4 Å². The summed E-state index contributed by atoms with van der Waals surface area (Å²) in [6.45, 7) is 5.71. The smallest absolute Gasteiger partial charge is 0.190 e. The van der Waals surface area contributed by atoms with Crippen molar-refractivity contribution in [1.29, 1.82) is 0 Å². The molecule has 10 heteroatoms. The van der Waals surface area contributed by atoms with Gasteiger partial charge in [0, 0.05) is 28.2 Å². The molecule has 10 nitrogen and oxygen atoms in total. The zero-order valence-corrected chi connectivity index (χ0v) is 21.8. The van der Waals surface area contributed by atoms with Crippen molar-refractivity contribution in [3.63, 3.8) is 0 Å². The predicted octanol–water partition coefficient (Wildman–Crippen LogP) is 2.93. The highest BCUT2D eigenvalue weighted by Gasteiger charge is 2.68. The number of carbonyl (C=O) groups is 2. The number of rotatable bonds is 12. The Morgan fingerprint density at radius 3 is 2.59 bits per heavy atom. The molecule has 0 bridgehead atoms. The van der Waals surface area contributed by atoms with Crippen molar-refractivity contribution in [3.8, 4) is 0 Å². The Bertz CT molecular complexity index is 992. The van der Waals surface area contributed by atoms with Crippen LogP contribution in [-0.2, 0) is 23.8 Å². The average Bonchev–Trinajstić information content (AvgIpc) is 3.13. The van der Waals surface area contributed by atoms with Crippen molar-refractivity contribution in [2.24, 2.45) is 33.7 Å². The van der Waals surface area contributed by atoms with E-state index in [9.17, 15) is 19.8 Å². The van der Waals surface area contributed by atoms with Gasteiger partial charge in [0.2, 0.25) is 0 Å². The van der Waals surface area contributed by atoms with Gasteiger partial charge in [0.15, 0.2) is 11.6 Å². The summed E-state index contributed by atoms with van der Waals surface area (Å²) in [5, 5.41) is 26.5. The molecule has 0 aromatic heterocycles. The van der Waals surface area contributed by atoms with Crippen LogP contribution in [0.15, 0.2) is 28.9 Å². The summed E-state index contributed by atoms with van der Waals surface area (Å²) in [5.41, 5.74) is 6.64. The maximum atomic E-state index is 13.3. The minimum absolute atomic E-state index is 0.00264. The van der Waals surface area contributed by atoms with Crippen LogP contribution in [0.5, 0.6) is 0 Å². The highest BCUT2D eigenvalue weighted by atomic mass is 16.5. The predicted molar refractivity (Wildman–Crippen MR) is 134 cm³/mol. The molecule has 0 radical (unpaired) electrons. The number of ether oxygens (including phenoxy) is 3. The Morgan fingerprint density at radius 2 is 1.86 bits per heavy atom. The highest BCUT2D eigenvalue weighted by Crippen LogP contribution is 2.67. The Labute approximate surface area is 217 Å². The van der Waals surface area contributed by atoms with Crippen molar-refractivity contribution in [2.75, 3.05) is 46.2 Å². The van der Waals surface area contributed by atoms with Crippen LogP contribution in [0.3, 0.4) is 0 Å². The topological polar surface area (TPSA) is 151 Å². The minimum atomic E-state index is -1.54. The lowest BCUT2D eigenvalue weighted by atomic mass is 9.46. The number of hydrogen-bond donors (Lipinski definition) is 2. The minimum Gasteiger partial charge on any atom is -0.393 e. The van der Waals surface area contributed by atoms with E-state index in [0.29, 0.717) is 32.7 Å².